The van der Waals surface area contributed by atoms with E-state index < -0.39 is 0 Å². The molecule has 94 valence electrons. The largest absolute Gasteiger partial charge is 0.370 e. The van der Waals surface area contributed by atoms with Crippen molar-refractivity contribution < 1.29 is 4.79 Å². The maximum absolute atomic E-state index is 12.1. The van der Waals surface area contributed by atoms with Crippen LogP contribution in [-0.4, -0.2) is 22.4 Å². The number of carbonyl (C=O) groups excluding carboxylic acids is 1. The Labute approximate surface area is 117 Å². The van der Waals surface area contributed by atoms with Crippen molar-refractivity contribution >= 4 is 44.1 Å². The van der Waals surface area contributed by atoms with Gasteiger partial charge in [-0.25, -0.2) is 9.97 Å². The highest BCUT2D eigenvalue weighted by atomic mass is 79.9. The van der Waals surface area contributed by atoms with Crippen molar-refractivity contribution in [2.75, 3.05) is 17.2 Å². The summed E-state index contributed by atoms with van der Waals surface area (Å²) in [7, 11) is 0. The molecule has 2 aromatic rings. The van der Waals surface area contributed by atoms with Gasteiger partial charge in [0.25, 0.3) is 5.91 Å². The second-order valence-corrected chi connectivity index (χ2v) is 5.76. The lowest BCUT2D eigenvalue weighted by atomic mass is 10.2. The topological polar surface area (TPSA) is 66.9 Å². The van der Waals surface area contributed by atoms with Gasteiger partial charge in [0.05, 0.1) is 15.5 Å². The van der Waals surface area contributed by atoms with Gasteiger partial charge in [-0.1, -0.05) is 11.3 Å². The van der Waals surface area contributed by atoms with Crippen molar-refractivity contribution in [2.24, 2.45) is 0 Å². The molecule has 0 spiro atoms. The van der Waals surface area contributed by atoms with Crippen molar-refractivity contribution in [2.45, 2.75) is 6.92 Å². The van der Waals surface area contributed by atoms with Crippen LogP contribution in [0.2, 0.25) is 0 Å². The normalized spacial score (nSPS) is 10.1. The number of thiazole rings is 1. The maximum Gasteiger partial charge on any atom is 0.261 e. The molecule has 1 amide bonds. The lowest BCUT2D eigenvalue weighted by Crippen LogP contribution is -2.15. The van der Waals surface area contributed by atoms with Crippen LogP contribution in [0.4, 0.5) is 10.9 Å². The molecule has 0 unspecified atom stereocenters. The van der Waals surface area contributed by atoms with Crippen LogP contribution in [0.25, 0.3) is 0 Å². The number of pyridine rings is 1. The first-order chi connectivity index (χ1) is 8.70. The average Bonchev–Trinajstić information content (AvgIpc) is 2.76. The number of carbonyl (C=O) groups is 1. The van der Waals surface area contributed by atoms with E-state index in [1.165, 1.54) is 11.3 Å². The number of nitrogens with zero attached hydrogens (tertiary/aromatic N) is 2. The van der Waals surface area contributed by atoms with Crippen LogP contribution < -0.4 is 10.6 Å². The summed E-state index contributed by atoms with van der Waals surface area (Å²) in [6.45, 7) is 2.66. The van der Waals surface area contributed by atoms with Crippen LogP contribution >= 0.6 is 27.3 Å². The van der Waals surface area contributed by atoms with Crippen molar-refractivity contribution in [3.05, 3.63) is 33.9 Å². The van der Waals surface area contributed by atoms with Gasteiger partial charge in [0.1, 0.15) is 5.82 Å². The van der Waals surface area contributed by atoms with Gasteiger partial charge in [0, 0.05) is 12.7 Å². The molecule has 0 saturated heterocycles. The monoisotopic (exact) mass is 326 g/mol. The standard InChI is InChI=1S/C11H11BrN4OS/c1-2-13-9-7(4-3-5-14-9)10(17)16-11-15-6-8(12)18-11/h3-6H,2H2,1H3,(H,13,14)(H,15,16,17). The van der Waals surface area contributed by atoms with Crippen LogP contribution in [0.3, 0.4) is 0 Å². The molecule has 0 aliphatic rings. The second kappa shape index (κ2) is 5.92. The molecule has 0 fully saturated rings. The molecule has 2 N–H and O–H groups in total. The number of amides is 1. The van der Waals surface area contributed by atoms with E-state index in [4.69, 9.17) is 0 Å². The van der Waals surface area contributed by atoms with E-state index in [0.717, 1.165) is 3.79 Å². The molecular formula is C11H11BrN4OS. The zero-order valence-electron chi connectivity index (χ0n) is 9.61. The zero-order chi connectivity index (χ0) is 13.0. The fraction of sp³-hybridized carbons (Fsp3) is 0.182. The summed E-state index contributed by atoms with van der Waals surface area (Å²) in [5.41, 5.74) is 0.505. The molecule has 7 heteroatoms. The number of aromatic nitrogens is 2. The van der Waals surface area contributed by atoms with Crippen molar-refractivity contribution in [3.8, 4) is 0 Å². The number of rotatable bonds is 4. The van der Waals surface area contributed by atoms with E-state index in [2.05, 4.69) is 36.5 Å². The Hall–Kier alpha value is -1.47. The van der Waals surface area contributed by atoms with Gasteiger partial charge in [0.15, 0.2) is 5.13 Å². The number of nitrogens with one attached hydrogen (secondary N) is 2. The Morgan fingerprint density at radius 1 is 1.50 bits per heavy atom. The molecule has 0 aromatic carbocycles. The molecule has 0 aliphatic carbocycles. The van der Waals surface area contributed by atoms with Gasteiger partial charge in [-0.05, 0) is 35.0 Å². The smallest absolute Gasteiger partial charge is 0.261 e. The first kappa shape index (κ1) is 13.0. The van der Waals surface area contributed by atoms with Crippen molar-refractivity contribution in [3.63, 3.8) is 0 Å². The molecule has 2 rings (SSSR count). The van der Waals surface area contributed by atoms with Crippen LogP contribution in [0, 0.1) is 0 Å². The number of hydrogen-bond donors (Lipinski definition) is 2. The molecule has 0 bridgehead atoms. The van der Waals surface area contributed by atoms with Crippen LogP contribution in [0.1, 0.15) is 17.3 Å². The van der Waals surface area contributed by atoms with E-state index in [0.29, 0.717) is 23.1 Å². The summed E-state index contributed by atoms with van der Waals surface area (Å²) in [6.07, 6.45) is 3.30. The lowest BCUT2D eigenvalue weighted by molar-refractivity contribution is 0.102. The van der Waals surface area contributed by atoms with Gasteiger partial charge in [0.2, 0.25) is 0 Å². The lowest BCUT2D eigenvalue weighted by Gasteiger charge is -2.08. The SMILES string of the molecule is CCNc1ncccc1C(=O)Nc1ncc(Br)s1. The minimum Gasteiger partial charge on any atom is -0.370 e. The molecule has 0 radical (unpaired) electrons. The van der Waals surface area contributed by atoms with Crippen LogP contribution in [0.5, 0.6) is 0 Å². The summed E-state index contributed by atoms with van der Waals surface area (Å²) in [4.78, 5) is 20.3. The highest BCUT2D eigenvalue weighted by molar-refractivity contribution is 9.11. The number of halogens is 1. The summed E-state index contributed by atoms with van der Waals surface area (Å²) in [5, 5.41) is 6.34. The van der Waals surface area contributed by atoms with E-state index in [1.54, 1.807) is 24.5 Å². The third-order valence-corrected chi connectivity index (χ3v) is 3.49. The Kier molecular flexibility index (Phi) is 4.27. The molecule has 0 aliphatic heterocycles. The predicted molar refractivity (Wildman–Crippen MR) is 76.2 cm³/mol. The first-order valence-corrected chi connectivity index (χ1v) is 6.93. The summed E-state index contributed by atoms with van der Waals surface area (Å²) >= 11 is 4.66. The minimum absolute atomic E-state index is 0.221. The predicted octanol–water partition coefficient (Wildman–Crippen LogP) is 2.98. The molecule has 0 atom stereocenters. The maximum atomic E-state index is 12.1. The summed E-state index contributed by atoms with van der Waals surface area (Å²) < 4.78 is 0.871. The van der Waals surface area contributed by atoms with Gasteiger partial charge in [-0.2, -0.15) is 0 Å². The molecule has 2 heterocycles. The Morgan fingerprint density at radius 2 is 2.33 bits per heavy atom. The van der Waals surface area contributed by atoms with E-state index in [-0.39, 0.29) is 5.91 Å². The van der Waals surface area contributed by atoms with Crippen LogP contribution in [0.15, 0.2) is 28.3 Å². The molecule has 18 heavy (non-hydrogen) atoms. The van der Waals surface area contributed by atoms with E-state index in [9.17, 15) is 4.79 Å². The molecule has 2 aromatic heterocycles. The van der Waals surface area contributed by atoms with Gasteiger partial charge >= 0.3 is 0 Å². The molecular weight excluding hydrogens is 316 g/mol. The van der Waals surface area contributed by atoms with Crippen molar-refractivity contribution in [1.29, 1.82) is 0 Å². The summed E-state index contributed by atoms with van der Waals surface area (Å²) in [6, 6.07) is 3.45. The quantitative estimate of drug-likeness (QED) is 0.906. The summed E-state index contributed by atoms with van der Waals surface area (Å²) in [5.74, 6) is 0.356. The van der Waals surface area contributed by atoms with E-state index >= 15 is 0 Å². The van der Waals surface area contributed by atoms with Crippen LogP contribution in [-0.2, 0) is 0 Å². The number of hydrogen-bond acceptors (Lipinski definition) is 5. The third kappa shape index (κ3) is 3.05. The minimum atomic E-state index is -0.221. The fourth-order valence-electron chi connectivity index (χ4n) is 1.37. The number of anilines is 2. The Balaban J connectivity index is 2.18. The fourth-order valence-corrected chi connectivity index (χ4v) is 2.48. The van der Waals surface area contributed by atoms with Gasteiger partial charge in [-0.15, -0.1) is 0 Å². The zero-order valence-corrected chi connectivity index (χ0v) is 12.0. The average molecular weight is 327 g/mol. The molecule has 5 nitrogen and oxygen atoms in total. The van der Waals surface area contributed by atoms with E-state index in [1.807, 2.05) is 6.92 Å². The van der Waals surface area contributed by atoms with Crippen molar-refractivity contribution in [1.82, 2.24) is 9.97 Å². The molecule has 0 saturated carbocycles. The third-order valence-electron chi connectivity index (χ3n) is 2.09. The Morgan fingerprint density at radius 3 is 3.00 bits per heavy atom. The first-order valence-electron chi connectivity index (χ1n) is 5.32. The van der Waals surface area contributed by atoms with Gasteiger partial charge < -0.3 is 5.32 Å². The highest BCUT2D eigenvalue weighted by Crippen LogP contribution is 2.24. The van der Waals surface area contributed by atoms with Gasteiger partial charge in [-0.3, -0.25) is 10.1 Å². The Bertz CT molecular complexity index is 557. The highest BCUT2D eigenvalue weighted by Gasteiger charge is 2.13. The second-order valence-electron chi connectivity index (χ2n) is 3.35.